The van der Waals surface area contributed by atoms with Gasteiger partial charge in [-0.05, 0) is 30.4 Å². The summed E-state index contributed by atoms with van der Waals surface area (Å²) in [4.78, 5) is 10.0. The van der Waals surface area contributed by atoms with Crippen LogP contribution in [-0.4, -0.2) is 29.1 Å². The fourth-order valence-corrected chi connectivity index (χ4v) is 3.19. The highest BCUT2D eigenvalue weighted by Gasteiger charge is 2.15. The molecule has 6 heteroatoms. The van der Waals surface area contributed by atoms with E-state index < -0.39 is 6.10 Å². The van der Waals surface area contributed by atoms with E-state index in [1.165, 1.54) is 10.4 Å². The zero-order chi connectivity index (χ0) is 19.2. The van der Waals surface area contributed by atoms with E-state index in [4.69, 9.17) is 0 Å². The molecule has 0 aliphatic rings. The van der Waals surface area contributed by atoms with Gasteiger partial charge in [0.25, 0.3) is 0 Å². The normalized spacial score (nSPS) is 13.5. The second-order valence-corrected chi connectivity index (χ2v) is 8.65. The van der Waals surface area contributed by atoms with E-state index in [0.29, 0.717) is 19.0 Å². The molecule has 5 nitrogen and oxygen atoms in total. The first-order valence-electron chi connectivity index (χ1n) is 9.01. The number of hydrogen-bond donors (Lipinski definition) is 3. The van der Waals surface area contributed by atoms with Gasteiger partial charge in [-0.15, -0.1) is 11.3 Å². The maximum Gasteiger partial charge on any atom is 0.191 e. The number of benzene rings is 1. The Morgan fingerprint density at radius 3 is 2.46 bits per heavy atom. The van der Waals surface area contributed by atoms with Crippen molar-refractivity contribution in [1.82, 2.24) is 15.6 Å². The smallest absolute Gasteiger partial charge is 0.191 e. The number of aryl methyl sites for hydroxylation is 1. The van der Waals surface area contributed by atoms with Crippen LogP contribution < -0.4 is 10.6 Å². The number of rotatable bonds is 6. The Balaban J connectivity index is 1.94. The zero-order valence-electron chi connectivity index (χ0n) is 16.3. The van der Waals surface area contributed by atoms with Gasteiger partial charge in [-0.1, -0.05) is 45.0 Å². The fourth-order valence-electron chi connectivity index (χ4n) is 2.48. The van der Waals surface area contributed by atoms with Gasteiger partial charge in [-0.2, -0.15) is 0 Å². The number of nitrogens with zero attached hydrogens (tertiary/aromatic N) is 2. The van der Waals surface area contributed by atoms with Crippen molar-refractivity contribution in [2.75, 3.05) is 13.1 Å². The lowest BCUT2D eigenvalue weighted by Gasteiger charge is -2.20. The molecule has 0 aliphatic carbocycles. The third kappa shape index (κ3) is 6.11. The molecule has 142 valence electrons. The predicted octanol–water partition coefficient (Wildman–Crippen LogP) is 3.54. The van der Waals surface area contributed by atoms with Crippen molar-refractivity contribution in [3.63, 3.8) is 0 Å². The first kappa shape index (κ1) is 20.4. The molecule has 2 rings (SSSR count). The third-order valence-corrected chi connectivity index (χ3v) is 4.91. The molecule has 1 atom stereocenters. The fraction of sp³-hybridized carbons (Fsp3) is 0.500. The van der Waals surface area contributed by atoms with Gasteiger partial charge in [0.1, 0.15) is 5.01 Å². The minimum absolute atomic E-state index is 0.112. The number of aliphatic hydroxyl groups excluding tert-OH is 1. The van der Waals surface area contributed by atoms with Crippen LogP contribution in [0.5, 0.6) is 0 Å². The van der Waals surface area contributed by atoms with E-state index in [2.05, 4.69) is 53.5 Å². The number of aromatic nitrogens is 1. The summed E-state index contributed by atoms with van der Waals surface area (Å²) in [5, 5.41) is 17.9. The van der Waals surface area contributed by atoms with Crippen LogP contribution in [0.3, 0.4) is 0 Å². The van der Waals surface area contributed by atoms with Crippen LogP contribution in [-0.2, 0) is 12.0 Å². The van der Waals surface area contributed by atoms with Gasteiger partial charge in [0.2, 0.25) is 0 Å². The van der Waals surface area contributed by atoms with E-state index in [1.807, 2.05) is 32.2 Å². The summed E-state index contributed by atoms with van der Waals surface area (Å²) in [6.07, 6.45) is 1.27. The van der Waals surface area contributed by atoms with E-state index in [1.54, 1.807) is 11.3 Å². The largest absolute Gasteiger partial charge is 0.387 e. The van der Waals surface area contributed by atoms with Crippen molar-refractivity contribution in [2.45, 2.75) is 52.7 Å². The van der Waals surface area contributed by atoms with Crippen molar-refractivity contribution in [3.05, 3.63) is 51.5 Å². The van der Waals surface area contributed by atoms with Gasteiger partial charge in [0.15, 0.2) is 5.96 Å². The van der Waals surface area contributed by atoms with Crippen LogP contribution in [0.1, 0.15) is 54.8 Å². The Morgan fingerprint density at radius 1 is 1.23 bits per heavy atom. The summed E-state index contributed by atoms with van der Waals surface area (Å²) < 4.78 is 0. The van der Waals surface area contributed by atoms with Gasteiger partial charge in [-0.25, -0.2) is 9.98 Å². The quantitative estimate of drug-likeness (QED) is 0.534. The van der Waals surface area contributed by atoms with Crippen LogP contribution in [0.15, 0.2) is 35.5 Å². The van der Waals surface area contributed by atoms with Crippen molar-refractivity contribution in [2.24, 2.45) is 4.99 Å². The van der Waals surface area contributed by atoms with Gasteiger partial charge in [0, 0.05) is 24.2 Å². The lowest BCUT2D eigenvalue weighted by atomic mass is 9.86. The summed E-state index contributed by atoms with van der Waals surface area (Å²) in [6, 6.07) is 8.16. The Hall–Kier alpha value is -1.92. The van der Waals surface area contributed by atoms with Crippen molar-refractivity contribution in [3.8, 4) is 0 Å². The topological polar surface area (TPSA) is 69.5 Å². The number of thiazole rings is 1. The summed E-state index contributed by atoms with van der Waals surface area (Å²) in [5.41, 5.74) is 2.27. The third-order valence-electron chi connectivity index (χ3n) is 4.01. The molecule has 0 fully saturated rings. The molecule has 3 N–H and O–H groups in total. The molecule has 1 aromatic carbocycles. The molecule has 2 aromatic rings. The SMILES string of the molecule is CCNC(=NCc1ncc(C)s1)NCC(O)c1ccc(C(C)(C)C)cc1. The summed E-state index contributed by atoms with van der Waals surface area (Å²) in [5.74, 6) is 0.686. The molecule has 0 saturated carbocycles. The predicted molar refractivity (Wildman–Crippen MR) is 110 cm³/mol. The molecular formula is C20H30N4OS. The van der Waals surface area contributed by atoms with Crippen LogP contribution in [0.2, 0.25) is 0 Å². The van der Waals surface area contributed by atoms with Crippen molar-refractivity contribution >= 4 is 17.3 Å². The lowest BCUT2D eigenvalue weighted by Crippen LogP contribution is -2.39. The zero-order valence-corrected chi connectivity index (χ0v) is 17.2. The molecule has 1 unspecified atom stereocenters. The molecule has 0 amide bonds. The summed E-state index contributed by atoms with van der Waals surface area (Å²) in [6.45, 7) is 12.3. The Bertz CT molecular complexity index is 716. The number of aliphatic hydroxyl groups is 1. The average molecular weight is 375 g/mol. The molecule has 0 saturated heterocycles. The average Bonchev–Trinajstić information content (AvgIpc) is 3.02. The van der Waals surface area contributed by atoms with Crippen molar-refractivity contribution in [1.29, 1.82) is 0 Å². The highest BCUT2D eigenvalue weighted by atomic mass is 32.1. The molecule has 0 spiro atoms. The van der Waals surface area contributed by atoms with Gasteiger partial charge in [-0.3, -0.25) is 0 Å². The van der Waals surface area contributed by atoms with E-state index in [0.717, 1.165) is 17.1 Å². The highest BCUT2D eigenvalue weighted by Crippen LogP contribution is 2.23. The summed E-state index contributed by atoms with van der Waals surface area (Å²) >= 11 is 1.65. The van der Waals surface area contributed by atoms with Crippen molar-refractivity contribution < 1.29 is 5.11 Å². The first-order valence-corrected chi connectivity index (χ1v) is 9.83. The Morgan fingerprint density at radius 2 is 1.92 bits per heavy atom. The molecule has 0 bridgehead atoms. The number of guanidine groups is 1. The molecule has 26 heavy (non-hydrogen) atoms. The minimum Gasteiger partial charge on any atom is -0.387 e. The standard InChI is InChI=1S/C20H30N4OS/c1-6-21-19(24-13-18-22-11-14(2)26-18)23-12-17(25)15-7-9-16(10-8-15)20(3,4)5/h7-11,17,25H,6,12-13H2,1-5H3,(H2,21,23,24). The number of aliphatic imine (C=N–C) groups is 1. The second kappa shape index (κ2) is 9.14. The van der Waals surface area contributed by atoms with E-state index in [9.17, 15) is 5.11 Å². The Kier molecular flexibility index (Phi) is 7.17. The molecule has 0 aliphatic heterocycles. The van der Waals surface area contributed by atoms with Crippen LogP contribution >= 0.6 is 11.3 Å². The molecule has 1 aromatic heterocycles. The van der Waals surface area contributed by atoms with Gasteiger partial charge < -0.3 is 15.7 Å². The number of hydrogen-bond acceptors (Lipinski definition) is 4. The Labute approximate surface area is 160 Å². The van der Waals surface area contributed by atoms with Crippen LogP contribution in [0, 0.1) is 6.92 Å². The maximum absolute atomic E-state index is 10.5. The summed E-state index contributed by atoms with van der Waals surface area (Å²) in [7, 11) is 0. The van der Waals surface area contributed by atoms with Crippen LogP contribution in [0.4, 0.5) is 0 Å². The van der Waals surface area contributed by atoms with Crippen LogP contribution in [0.25, 0.3) is 0 Å². The number of nitrogens with one attached hydrogen (secondary N) is 2. The lowest BCUT2D eigenvalue weighted by molar-refractivity contribution is 0.181. The molecular weight excluding hydrogens is 344 g/mol. The minimum atomic E-state index is -0.588. The second-order valence-electron chi connectivity index (χ2n) is 7.33. The highest BCUT2D eigenvalue weighted by molar-refractivity contribution is 7.11. The van der Waals surface area contributed by atoms with Gasteiger partial charge >= 0.3 is 0 Å². The maximum atomic E-state index is 10.5. The van der Waals surface area contributed by atoms with E-state index in [-0.39, 0.29) is 5.41 Å². The first-order chi connectivity index (χ1) is 12.3. The van der Waals surface area contributed by atoms with E-state index >= 15 is 0 Å². The molecule has 1 heterocycles. The van der Waals surface area contributed by atoms with Gasteiger partial charge in [0.05, 0.1) is 12.6 Å². The monoisotopic (exact) mass is 374 g/mol. The molecule has 0 radical (unpaired) electrons.